The number of nitrogens with one attached hydrogen (secondary N) is 1. The quantitative estimate of drug-likeness (QED) is 0.728. The molecule has 6 heteroatoms. The topological polar surface area (TPSA) is 55.1 Å². The third-order valence-corrected chi connectivity index (χ3v) is 4.07. The number of carbonyl (C=O) groups is 1. The Bertz CT molecular complexity index is 689. The van der Waals surface area contributed by atoms with E-state index in [4.69, 9.17) is 5.73 Å². The highest BCUT2D eigenvalue weighted by Crippen LogP contribution is 2.28. The van der Waals surface area contributed by atoms with Gasteiger partial charge in [-0.05, 0) is 68.6 Å². The SMILES string of the molecule is Cc1cc(Br)c(NC(=O)c2cccc(Br)c2F)cc1N. The van der Waals surface area contributed by atoms with Gasteiger partial charge in [0.2, 0.25) is 0 Å². The Labute approximate surface area is 132 Å². The molecule has 0 atom stereocenters. The third kappa shape index (κ3) is 3.02. The van der Waals surface area contributed by atoms with Gasteiger partial charge in [0.25, 0.3) is 5.91 Å². The monoisotopic (exact) mass is 400 g/mol. The first-order chi connectivity index (χ1) is 9.40. The largest absolute Gasteiger partial charge is 0.398 e. The van der Waals surface area contributed by atoms with Gasteiger partial charge in [-0.25, -0.2) is 4.39 Å². The average Bonchev–Trinajstić information content (AvgIpc) is 2.39. The molecule has 0 bridgehead atoms. The van der Waals surface area contributed by atoms with Crippen LogP contribution in [0.1, 0.15) is 15.9 Å². The third-order valence-electron chi connectivity index (χ3n) is 2.80. The number of halogens is 3. The maximum absolute atomic E-state index is 13.9. The molecule has 0 aromatic heterocycles. The predicted molar refractivity (Wildman–Crippen MR) is 85.3 cm³/mol. The first-order valence-corrected chi connectivity index (χ1v) is 7.29. The van der Waals surface area contributed by atoms with Gasteiger partial charge in [-0.3, -0.25) is 4.79 Å². The van der Waals surface area contributed by atoms with Crippen molar-refractivity contribution in [2.75, 3.05) is 11.1 Å². The molecule has 104 valence electrons. The Hall–Kier alpha value is -1.40. The summed E-state index contributed by atoms with van der Waals surface area (Å²) in [6.07, 6.45) is 0. The minimum atomic E-state index is -0.596. The molecule has 0 saturated heterocycles. The second kappa shape index (κ2) is 5.93. The van der Waals surface area contributed by atoms with Gasteiger partial charge in [0.05, 0.1) is 15.7 Å². The predicted octanol–water partition coefficient (Wildman–Crippen LogP) is 4.49. The van der Waals surface area contributed by atoms with Crippen LogP contribution in [-0.4, -0.2) is 5.91 Å². The maximum Gasteiger partial charge on any atom is 0.258 e. The van der Waals surface area contributed by atoms with Crippen LogP contribution in [0.2, 0.25) is 0 Å². The van der Waals surface area contributed by atoms with E-state index in [2.05, 4.69) is 37.2 Å². The summed E-state index contributed by atoms with van der Waals surface area (Å²) < 4.78 is 14.8. The molecule has 2 aromatic rings. The van der Waals surface area contributed by atoms with Crippen LogP contribution in [0.4, 0.5) is 15.8 Å². The molecule has 0 spiro atoms. The number of nitrogen functional groups attached to an aromatic ring is 1. The summed E-state index contributed by atoms with van der Waals surface area (Å²) in [4.78, 5) is 12.1. The van der Waals surface area contributed by atoms with E-state index in [1.165, 1.54) is 12.1 Å². The van der Waals surface area contributed by atoms with Crippen LogP contribution in [0.3, 0.4) is 0 Å². The minimum absolute atomic E-state index is 0.0366. The van der Waals surface area contributed by atoms with Crippen LogP contribution in [0.25, 0.3) is 0 Å². The van der Waals surface area contributed by atoms with Crippen molar-refractivity contribution in [1.29, 1.82) is 0 Å². The normalized spacial score (nSPS) is 10.4. The summed E-state index contributed by atoms with van der Waals surface area (Å²) in [6, 6.07) is 7.98. The van der Waals surface area contributed by atoms with Crippen molar-refractivity contribution in [2.45, 2.75) is 6.92 Å². The Morgan fingerprint density at radius 2 is 1.95 bits per heavy atom. The van der Waals surface area contributed by atoms with E-state index >= 15 is 0 Å². The summed E-state index contributed by atoms with van der Waals surface area (Å²) in [5, 5.41) is 2.64. The van der Waals surface area contributed by atoms with Crippen molar-refractivity contribution in [3.63, 3.8) is 0 Å². The van der Waals surface area contributed by atoms with Gasteiger partial charge < -0.3 is 11.1 Å². The first-order valence-electron chi connectivity index (χ1n) is 5.71. The van der Waals surface area contributed by atoms with Crippen molar-refractivity contribution in [1.82, 2.24) is 0 Å². The van der Waals surface area contributed by atoms with Gasteiger partial charge in [-0.1, -0.05) is 6.07 Å². The molecule has 0 radical (unpaired) electrons. The number of benzene rings is 2. The van der Waals surface area contributed by atoms with Crippen molar-refractivity contribution < 1.29 is 9.18 Å². The molecule has 2 rings (SSSR count). The molecule has 0 saturated carbocycles. The van der Waals surface area contributed by atoms with Crippen LogP contribution in [-0.2, 0) is 0 Å². The van der Waals surface area contributed by atoms with Gasteiger partial charge in [0.15, 0.2) is 0 Å². The lowest BCUT2D eigenvalue weighted by Crippen LogP contribution is -2.14. The highest BCUT2D eigenvalue weighted by Gasteiger charge is 2.15. The second-order valence-corrected chi connectivity index (χ2v) is 5.95. The number of carbonyl (C=O) groups excluding carboxylic acids is 1. The number of nitrogens with two attached hydrogens (primary N) is 1. The zero-order valence-electron chi connectivity index (χ0n) is 10.5. The number of hydrogen-bond donors (Lipinski definition) is 2. The molecule has 0 aliphatic heterocycles. The van der Waals surface area contributed by atoms with Gasteiger partial charge in [-0.2, -0.15) is 0 Å². The summed E-state index contributed by atoms with van der Waals surface area (Å²) >= 11 is 6.39. The Kier molecular flexibility index (Phi) is 4.45. The average molecular weight is 402 g/mol. The van der Waals surface area contributed by atoms with Gasteiger partial charge in [0, 0.05) is 10.2 Å². The zero-order chi connectivity index (χ0) is 14.9. The lowest BCUT2D eigenvalue weighted by atomic mass is 10.1. The van der Waals surface area contributed by atoms with Crippen molar-refractivity contribution in [2.24, 2.45) is 0 Å². The molecular formula is C14H11Br2FN2O. The van der Waals surface area contributed by atoms with Gasteiger partial charge in [-0.15, -0.1) is 0 Å². The van der Waals surface area contributed by atoms with E-state index in [-0.39, 0.29) is 10.0 Å². The fourth-order valence-corrected chi connectivity index (χ4v) is 2.58. The number of hydrogen-bond acceptors (Lipinski definition) is 2. The van der Waals surface area contributed by atoms with Crippen LogP contribution in [0.5, 0.6) is 0 Å². The van der Waals surface area contributed by atoms with E-state index in [0.29, 0.717) is 15.8 Å². The number of aryl methyl sites for hydroxylation is 1. The molecule has 0 fully saturated rings. The molecule has 2 aromatic carbocycles. The Balaban J connectivity index is 2.33. The van der Waals surface area contributed by atoms with E-state index in [1.807, 2.05) is 6.92 Å². The number of anilines is 2. The Morgan fingerprint density at radius 1 is 1.25 bits per heavy atom. The smallest absolute Gasteiger partial charge is 0.258 e. The molecular weight excluding hydrogens is 391 g/mol. The van der Waals surface area contributed by atoms with Crippen molar-refractivity contribution in [3.05, 3.63) is 56.2 Å². The van der Waals surface area contributed by atoms with E-state index < -0.39 is 11.7 Å². The summed E-state index contributed by atoms with van der Waals surface area (Å²) in [6.45, 7) is 1.86. The van der Waals surface area contributed by atoms with Crippen molar-refractivity contribution in [3.8, 4) is 0 Å². The Morgan fingerprint density at radius 3 is 2.65 bits per heavy atom. The maximum atomic E-state index is 13.9. The van der Waals surface area contributed by atoms with E-state index in [1.54, 1.807) is 18.2 Å². The molecule has 0 unspecified atom stereocenters. The summed E-state index contributed by atoms with van der Waals surface area (Å²) in [5.41, 5.74) is 7.71. The fourth-order valence-electron chi connectivity index (χ4n) is 1.65. The highest BCUT2D eigenvalue weighted by molar-refractivity contribution is 9.10. The lowest BCUT2D eigenvalue weighted by Gasteiger charge is -2.11. The zero-order valence-corrected chi connectivity index (χ0v) is 13.7. The van der Waals surface area contributed by atoms with Gasteiger partial charge in [0.1, 0.15) is 5.82 Å². The van der Waals surface area contributed by atoms with Crippen LogP contribution in [0.15, 0.2) is 39.3 Å². The first kappa shape index (κ1) is 15.0. The number of amides is 1. The molecule has 1 amide bonds. The molecule has 0 aliphatic carbocycles. The number of rotatable bonds is 2. The van der Waals surface area contributed by atoms with Gasteiger partial charge >= 0.3 is 0 Å². The van der Waals surface area contributed by atoms with Crippen molar-refractivity contribution >= 4 is 49.1 Å². The van der Waals surface area contributed by atoms with Crippen LogP contribution in [0, 0.1) is 12.7 Å². The standard InChI is InChI=1S/C14H11Br2FN2O/c1-7-5-10(16)12(6-11(7)18)19-14(20)8-3-2-4-9(15)13(8)17/h2-6H,18H2,1H3,(H,19,20). The highest BCUT2D eigenvalue weighted by atomic mass is 79.9. The molecule has 0 heterocycles. The second-order valence-electron chi connectivity index (χ2n) is 4.24. The van der Waals surface area contributed by atoms with E-state index in [9.17, 15) is 9.18 Å². The summed E-state index contributed by atoms with van der Waals surface area (Å²) in [5.74, 6) is -1.13. The minimum Gasteiger partial charge on any atom is -0.398 e. The van der Waals surface area contributed by atoms with E-state index in [0.717, 1.165) is 5.56 Å². The van der Waals surface area contributed by atoms with Crippen LogP contribution >= 0.6 is 31.9 Å². The lowest BCUT2D eigenvalue weighted by molar-refractivity contribution is 0.102. The molecule has 3 nitrogen and oxygen atoms in total. The molecule has 20 heavy (non-hydrogen) atoms. The molecule has 0 aliphatic rings. The molecule has 3 N–H and O–H groups in total. The fraction of sp³-hybridized carbons (Fsp3) is 0.0714. The van der Waals surface area contributed by atoms with Crippen LogP contribution < -0.4 is 11.1 Å². The summed E-state index contributed by atoms with van der Waals surface area (Å²) in [7, 11) is 0.